The van der Waals surface area contributed by atoms with Crippen molar-refractivity contribution in [1.29, 1.82) is 0 Å². The van der Waals surface area contributed by atoms with Gasteiger partial charge in [-0.2, -0.15) is 0 Å². The average Bonchev–Trinajstić information content (AvgIpc) is 3.01. The third-order valence-corrected chi connectivity index (χ3v) is 7.72. The molecule has 2 aromatic carbocycles. The summed E-state index contributed by atoms with van der Waals surface area (Å²) < 4.78 is 20.6. The molecule has 8 heteroatoms. The highest BCUT2D eigenvalue weighted by Gasteiger charge is 2.36. The smallest absolute Gasteiger partial charge is 0.293 e. The summed E-state index contributed by atoms with van der Waals surface area (Å²) in [6, 6.07) is 9.92. The molecule has 1 saturated carbocycles. The van der Waals surface area contributed by atoms with E-state index in [1.54, 1.807) is 18.2 Å². The number of thioether (sulfide) groups is 1. The molecule has 0 radical (unpaired) electrons. The van der Waals surface area contributed by atoms with Crippen LogP contribution in [0.25, 0.3) is 6.08 Å². The minimum atomic E-state index is -0.308. The van der Waals surface area contributed by atoms with E-state index in [1.165, 1.54) is 36.3 Å². The molecule has 168 valence electrons. The van der Waals surface area contributed by atoms with Gasteiger partial charge in [0.1, 0.15) is 18.2 Å². The van der Waals surface area contributed by atoms with Crippen molar-refractivity contribution >= 4 is 60.8 Å². The lowest BCUT2D eigenvalue weighted by atomic mass is 9.89. The van der Waals surface area contributed by atoms with Crippen LogP contribution < -0.4 is 4.74 Å². The van der Waals surface area contributed by atoms with Crippen molar-refractivity contribution in [3.05, 3.63) is 67.2 Å². The normalized spacial score (nSPS) is 18.6. The second-order valence-electron chi connectivity index (χ2n) is 8.03. The molecule has 32 heavy (non-hydrogen) atoms. The van der Waals surface area contributed by atoms with Crippen LogP contribution >= 0.6 is 43.6 Å². The second kappa shape index (κ2) is 10.5. The van der Waals surface area contributed by atoms with E-state index in [-0.39, 0.29) is 23.6 Å². The van der Waals surface area contributed by atoms with Gasteiger partial charge in [0.15, 0.2) is 0 Å². The zero-order valence-corrected chi connectivity index (χ0v) is 21.3. The van der Waals surface area contributed by atoms with Crippen LogP contribution in [0.5, 0.6) is 5.75 Å². The predicted molar refractivity (Wildman–Crippen MR) is 132 cm³/mol. The summed E-state index contributed by atoms with van der Waals surface area (Å²) in [5.74, 6) is 0.465. The fraction of sp³-hybridized carbons (Fsp3) is 0.333. The minimum Gasteiger partial charge on any atom is -0.487 e. The number of halogens is 3. The zero-order valence-electron chi connectivity index (χ0n) is 17.3. The van der Waals surface area contributed by atoms with Crippen LogP contribution in [0.15, 0.2) is 50.2 Å². The molecule has 0 N–H and O–H groups in total. The largest absolute Gasteiger partial charge is 0.487 e. The lowest BCUT2D eigenvalue weighted by molar-refractivity contribution is -0.123. The quantitative estimate of drug-likeness (QED) is 0.330. The van der Waals surface area contributed by atoms with Crippen LogP contribution in [0.1, 0.15) is 43.2 Å². The lowest BCUT2D eigenvalue weighted by Crippen LogP contribution is -2.34. The Morgan fingerprint density at radius 1 is 1.09 bits per heavy atom. The van der Waals surface area contributed by atoms with Crippen molar-refractivity contribution in [2.24, 2.45) is 5.92 Å². The van der Waals surface area contributed by atoms with Gasteiger partial charge in [0, 0.05) is 6.54 Å². The SMILES string of the molecule is O=C1S/C(=C/c2cc(Br)c(OCc3cccc(F)c3)c(Br)c2)C(=O)N1CC1CCCCC1. The fourth-order valence-corrected chi connectivity index (χ4v) is 6.32. The summed E-state index contributed by atoms with van der Waals surface area (Å²) in [6.45, 7) is 0.733. The molecule has 2 fully saturated rings. The third-order valence-electron chi connectivity index (χ3n) is 5.63. The van der Waals surface area contributed by atoms with E-state index in [1.807, 2.05) is 12.1 Å². The summed E-state index contributed by atoms with van der Waals surface area (Å²) in [7, 11) is 0. The van der Waals surface area contributed by atoms with Crippen LogP contribution in [-0.2, 0) is 11.4 Å². The molecule has 0 bridgehead atoms. The molecule has 2 aromatic rings. The van der Waals surface area contributed by atoms with E-state index < -0.39 is 0 Å². The van der Waals surface area contributed by atoms with Crippen LogP contribution in [0.4, 0.5) is 9.18 Å². The molecule has 1 aliphatic carbocycles. The van der Waals surface area contributed by atoms with E-state index in [9.17, 15) is 14.0 Å². The van der Waals surface area contributed by atoms with Crippen LogP contribution in [-0.4, -0.2) is 22.6 Å². The molecule has 0 unspecified atom stereocenters. The van der Waals surface area contributed by atoms with Gasteiger partial charge in [0.2, 0.25) is 0 Å². The average molecular weight is 583 g/mol. The number of carbonyl (C=O) groups is 2. The van der Waals surface area contributed by atoms with Gasteiger partial charge in [-0.3, -0.25) is 14.5 Å². The number of nitrogens with zero attached hydrogens (tertiary/aromatic N) is 1. The monoisotopic (exact) mass is 581 g/mol. The van der Waals surface area contributed by atoms with Crippen LogP contribution in [0.2, 0.25) is 0 Å². The number of benzene rings is 2. The maximum absolute atomic E-state index is 13.4. The van der Waals surface area contributed by atoms with Gasteiger partial charge in [0.05, 0.1) is 13.9 Å². The van der Waals surface area contributed by atoms with Gasteiger partial charge >= 0.3 is 0 Å². The summed E-state index contributed by atoms with van der Waals surface area (Å²) >= 11 is 8.02. The summed E-state index contributed by atoms with van der Waals surface area (Å²) in [5.41, 5.74) is 1.49. The van der Waals surface area contributed by atoms with Crippen molar-refractivity contribution in [3.8, 4) is 5.75 Å². The molecular weight excluding hydrogens is 561 g/mol. The Morgan fingerprint density at radius 2 is 1.81 bits per heavy atom. The standard InChI is InChI=1S/C24H22Br2FNO3S/c25-19-10-17(11-20(26)22(19)31-14-16-7-4-8-18(27)9-16)12-21-23(29)28(24(30)32-21)13-15-5-2-1-3-6-15/h4,7-12,15H,1-3,5-6,13-14H2/b21-12+. The Morgan fingerprint density at radius 3 is 2.50 bits per heavy atom. The molecule has 4 nitrogen and oxygen atoms in total. The first kappa shape index (κ1) is 23.5. The molecule has 2 amide bonds. The van der Waals surface area contributed by atoms with Crippen molar-refractivity contribution in [2.45, 2.75) is 38.7 Å². The van der Waals surface area contributed by atoms with E-state index in [0.29, 0.717) is 32.1 Å². The number of ether oxygens (including phenoxy) is 1. The Balaban J connectivity index is 1.46. The first-order chi connectivity index (χ1) is 15.4. The molecule has 0 spiro atoms. The van der Waals surface area contributed by atoms with Gasteiger partial charge < -0.3 is 4.74 Å². The Bertz CT molecular complexity index is 1050. The number of hydrogen-bond acceptors (Lipinski definition) is 4. The summed E-state index contributed by atoms with van der Waals surface area (Å²) in [6.07, 6.45) is 7.48. The highest BCUT2D eigenvalue weighted by molar-refractivity contribution is 9.11. The Hall–Kier alpha value is -1.64. The molecule has 1 saturated heterocycles. The molecule has 1 aliphatic heterocycles. The highest BCUT2D eigenvalue weighted by Crippen LogP contribution is 2.39. The van der Waals surface area contributed by atoms with Crippen molar-refractivity contribution in [1.82, 2.24) is 4.90 Å². The van der Waals surface area contributed by atoms with E-state index in [2.05, 4.69) is 31.9 Å². The number of carbonyl (C=O) groups excluding carboxylic acids is 2. The first-order valence-electron chi connectivity index (χ1n) is 10.5. The predicted octanol–water partition coefficient (Wildman–Crippen LogP) is 7.55. The molecule has 0 atom stereocenters. The van der Waals surface area contributed by atoms with Crippen molar-refractivity contribution in [2.75, 3.05) is 6.54 Å². The number of imide groups is 1. The molecule has 0 aromatic heterocycles. The first-order valence-corrected chi connectivity index (χ1v) is 12.9. The summed E-state index contributed by atoms with van der Waals surface area (Å²) in [5, 5.41) is -0.194. The van der Waals surface area contributed by atoms with Gasteiger partial charge in [-0.1, -0.05) is 31.4 Å². The lowest BCUT2D eigenvalue weighted by Gasteiger charge is -2.25. The van der Waals surface area contributed by atoms with Gasteiger partial charge in [-0.05, 0) is 104 Å². The number of hydrogen-bond donors (Lipinski definition) is 0. The minimum absolute atomic E-state index is 0.194. The van der Waals surface area contributed by atoms with Crippen LogP contribution in [0.3, 0.4) is 0 Å². The Kier molecular flexibility index (Phi) is 7.74. The maximum atomic E-state index is 13.4. The fourth-order valence-electron chi connectivity index (χ4n) is 4.02. The number of amides is 2. The van der Waals surface area contributed by atoms with Crippen molar-refractivity contribution < 1.29 is 18.7 Å². The number of rotatable bonds is 6. The molecule has 4 rings (SSSR count). The highest BCUT2D eigenvalue weighted by atomic mass is 79.9. The van der Waals surface area contributed by atoms with Crippen LogP contribution in [0, 0.1) is 11.7 Å². The van der Waals surface area contributed by atoms with E-state index in [4.69, 9.17) is 4.74 Å². The molecular formula is C24H22Br2FNO3S. The van der Waals surface area contributed by atoms with Gasteiger partial charge in [-0.25, -0.2) is 4.39 Å². The van der Waals surface area contributed by atoms with Gasteiger partial charge in [0.25, 0.3) is 11.1 Å². The zero-order chi connectivity index (χ0) is 22.7. The Labute approximate surface area is 207 Å². The topological polar surface area (TPSA) is 46.6 Å². The summed E-state index contributed by atoms with van der Waals surface area (Å²) in [4.78, 5) is 27.1. The second-order valence-corrected chi connectivity index (χ2v) is 10.7. The maximum Gasteiger partial charge on any atom is 0.293 e. The van der Waals surface area contributed by atoms with E-state index >= 15 is 0 Å². The molecule has 1 heterocycles. The molecule has 2 aliphatic rings. The third kappa shape index (κ3) is 5.64. The van der Waals surface area contributed by atoms with Gasteiger partial charge in [-0.15, -0.1) is 0 Å². The van der Waals surface area contributed by atoms with E-state index in [0.717, 1.165) is 35.7 Å². The van der Waals surface area contributed by atoms with Crippen molar-refractivity contribution in [3.63, 3.8) is 0 Å².